The third-order valence-electron chi connectivity index (χ3n) is 3.29. The van der Waals surface area contributed by atoms with Crippen LogP contribution in [0.4, 0.5) is 5.69 Å². The topological polar surface area (TPSA) is 107 Å². The molecule has 24 heavy (non-hydrogen) atoms. The maximum Gasteiger partial charge on any atom is 0.252 e. The lowest BCUT2D eigenvalue weighted by atomic mass is 10.2. The number of carbonyl (C=O) groups is 1. The summed E-state index contributed by atoms with van der Waals surface area (Å²) in [5.74, 6) is 0.424. The fraction of sp³-hybridized carbons (Fsp3) is 0.125. The number of hydrogen-bond donors (Lipinski definition) is 2. The molecule has 7 nitrogen and oxygen atoms in total. The van der Waals surface area contributed by atoms with Gasteiger partial charge >= 0.3 is 0 Å². The van der Waals surface area contributed by atoms with E-state index < -0.39 is 5.91 Å². The van der Waals surface area contributed by atoms with Crippen LogP contribution in [-0.2, 0) is 6.42 Å². The number of benzene rings is 1. The van der Waals surface area contributed by atoms with Crippen molar-refractivity contribution in [2.24, 2.45) is 5.73 Å². The predicted octanol–water partition coefficient (Wildman–Crippen LogP) is 2.54. The van der Waals surface area contributed by atoms with Gasteiger partial charge in [-0.2, -0.15) is 4.98 Å². The average molecular weight is 344 g/mol. The van der Waals surface area contributed by atoms with Gasteiger partial charge in [0.1, 0.15) is 0 Å². The van der Waals surface area contributed by atoms with Gasteiger partial charge in [0.25, 0.3) is 5.91 Å². The minimum Gasteiger partial charge on any atom is -0.384 e. The van der Waals surface area contributed by atoms with Crippen molar-refractivity contribution in [1.29, 1.82) is 0 Å². The first kappa shape index (κ1) is 15.9. The van der Waals surface area contributed by atoms with Gasteiger partial charge in [0.15, 0.2) is 0 Å². The van der Waals surface area contributed by atoms with Gasteiger partial charge in [0, 0.05) is 35.9 Å². The number of nitrogens with one attached hydrogen (secondary N) is 1. The number of carbonyl (C=O) groups excluding carboxylic acids is 1. The Balaban J connectivity index is 1.63. The molecule has 3 N–H and O–H groups in total. The molecule has 0 bridgehead atoms. The number of pyridine rings is 1. The predicted molar refractivity (Wildman–Crippen MR) is 89.7 cm³/mol. The summed E-state index contributed by atoms with van der Waals surface area (Å²) in [6, 6.07) is 8.91. The maximum atomic E-state index is 11.3. The number of nitrogens with zero attached hydrogens (tertiary/aromatic N) is 3. The second kappa shape index (κ2) is 7.10. The second-order valence-corrected chi connectivity index (χ2v) is 5.42. The van der Waals surface area contributed by atoms with Gasteiger partial charge in [0.2, 0.25) is 11.7 Å². The zero-order valence-corrected chi connectivity index (χ0v) is 13.3. The Bertz CT molecular complexity index is 865. The highest BCUT2D eigenvalue weighted by Gasteiger charge is 2.10. The molecule has 0 unspecified atom stereocenters. The number of anilines is 1. The van der Waals surface area contributed by atoms with Crippen LogP contribution < -0.4 is 11.1 Å². The molecule has 1 amide bonds. The summed E-state index contributed by atoms with van der Waals surface area (Å²) in [7, 11) is 0. The molecule has 122 valence electrons. The van der Waals surface area contributed by atoms with E-state index in [-0.39, 0.29) is 0 Å². The molecule has 0 atom stereocenters. The number of nitrogens with two attached hydrogens (primary N) is 1. The van der Waals surface area contributed by atoms with Crippen LogP contribution >= 0.6 is 11.6 Å². The molecule has 0 radical (unpaired) electrons. The number of amides is 1. The summed E-state index contributed by atoms with van der Waals surface area (Å²) in [6.45, 7) is 0.501. The van der Waals surface area contributed by atoms with Crippen molar-refractivity contribution in [2.75, 3.05) is 11.9 Å². The summed E-state index contributed by atoms with van der Waals surface area (Å²) in [4.78, 5) is 19.5. The molecule has 0 fully saturated rings. The zero-order valence-electron chi connectivity index (χ0n) is 12.6. The van der Waals surface area contributed by atoms with E-state index in [0.717, 1.165) is 5.56 Å². The highest BCUT2D eigenvalue weighted by Crippen LogP contribution is 2.20. The van der Waals surface area contributed by atoms with Crippen LogP contribution in [0.15, 0.2) is 47.2 Å². The summed E-state index contributed by atoms with van der Waals surface area (Å²) in [6.07, 6.45) is 3.50. The summed E-state index contributed by atoms with van der Waals surface area (Å²) < 4.78 is 5.23. The van der Waals surface area contributed by atoms with Crippen LogP contribution in [0, 0.1) is 0 Å². The number of rotatable bonds is 6. The Morgan fingerprint density at radius 1 is 1.33 bits per heavy atom. The van der Waals surface area contributed by atoms with E-state index >= 15 is 0 Å². The molecule has 0 spiro atoms. The van der Waals surface area contributed by atoms with Crippen molar-refractivity contribution in [3.05, 3.63) is 59.2 Å². The third kappa shape index (κ3) is 3.69. The van der Waals surface area contributed by atoms with E-state index in [2.05, 4.69) is 20.4 Å². The van der Waals surface area contributed by atoms with E-state index in [0.29, 0.717) is 41.0 Å². The fourth-order valence-electron chi connectivity index (χ4n) is 2.15. The Kier molecular flexibility index (Phi) is 4.72. The van der Waals surface area contributed by atoms with Gasteiger partial charge in [-0.15, -0.1) is 0 Å². The summed E-state index contributed by atoms with van der Waals surface area (Å²) in [5, 5.41) is 7.66. The minimum atomic E-state index is -0.536. The lowest BCUT2D eigenvalue weighted by Gasteiger charge is -2.07. The molecular formula is C16H14ClN5O2. The fourth-order valence-corrected chi connectivity index (χ4v) is 2.34. The Hall–Kier alpha value is -2.93. The van der Waals surface area contributed by atoms with Crippen LogP contribution in [-0.4, -0.2) is 27.6 Å². The van der Waals surface area contributed by atoms with Crippen molar-refractivity contribution in [3.8, 4) is 11.4 Å². The lowest BCUT2D eigenvalue weighted by Crippen LogP contribution is -2.15. The van der Waals surface area contributed by atoms with Crippen LogP contribution in [0.5, 0.6) is 0 Å². The van der Waals surface area contributed by atoms with Crippen LogP contribution in [0.3, 0.4) is 0 Å². The van der Waals surface area contributed by atoms with Gasteiger partial charge in [0.05, 0.1) is 11.3 Å². The van der Waals surface area contributed by atoms with Gasteiger partial charge < -0.3 is 15.6 Å². The molecule has 0 aliphatic carbocycles. The second-order valence-electron chi connectivity index (χ2n) is 4.98. The van der Waals surface area contributed by atoms with Gasteiger partial charge in [-0.05, 0) is 18.2 Å². The van der Waals surface area contributed by atoms with Crippen molar-refractivity contribution in [1.82, 2.24) is 15.1 Å². The monoisotopic (exact) mass is 343 g/mol. The van der Waals surface area contributed by atoms with Crippen LogP contribution in [0.2, 0.25) is 5.02 Å². The van der Waals surface area contributed by atoms with E-state index in [1.165, 1.54) is 6.20 Å². The first-order valence-corrected chi connectivity index (χ1v) is 7.57. The Morgan fingerprint density at radius 3 is 3.00 bits per heavy atom. The average Bonchev–Trinajstić information content (AvgIpc) is 3.04. The van der Waals surface area contributed by atoms with Crippen molar-refractivity contribution >= 4 is 23.2 Å². The first-order chi connectivity index (χ1) is 11.6. The molecular weight excluding hydrogens is 330 g/mol. The lowest BCUT2D eigenvalue weighted by molar-refractivity contribution is 0.100. The summed E-state index contributed by atoms with van der Waals surface area (Å²) in [5.41, 5.74) is 7.05. The van der Waals surface area contributed by atoms with Crippen LogP contribution in [0.1, 0.15) is 16.2 Å². The number of primary amides is 1. The smallest absolute Gasteiger partial charge is 0.252 e. The van der Waals surface area contributed by atoms with Crippen molar-refractivity contribution < 1.29 is 9.32 Å². The Labute approximate surface area is 142 Å². The molecule has 0 aliphatic rings. The van der Waals surface area contributed by atoms with E-state index in [4.69, 9.17) is 21.9 Å². The number of halogens is 1. The molecule has 1 aromatic carbocycles. The highest BCUT2D eigenvalue weighted by atomic mass is 35.5. The van der Waals surface area contributed by atoms with Gasteiger partial charge in [-0.1, -0.05) is 28.9 Å². The molecule has 0 saturated heterocycles. The quantitative estimate of drug-likeness (QED) is 0.712. The molecule has 0 aliphatic heterocycles. The van der Waals surface area contributed by atoms with Crippen molar-refractivity contribution in [2.45, 2.75) is 6.42 Å². The molecule has 0 saturated carbocycles. The standard InChI is InChI=1S/C16H14ClN5O2/c17-11-3-1-2-10(8-11)16-21-14(24-22-16)5-7-20-13-4-6-19-9-12(13)15(18)23/h1-4,6,8-9H,5,7H2,(H2,18,23)(H,19,20). The highest BCUT2D eigenvalue weighted by molar-refractivity contribution is 6.30. The largest absolute Gasteiger partial charge is 0.384 e. The SMILES string of the molecule is NC(=O)c1cnccc1NCCc1nc(-c2cccc(Cl)c2)no1. The molecule has 8 heteroatoms. The molecule has 3 aromatic rings. The molecule has 2 heterocycles. The third-order valence-corrected chi connectivity index (χ3v) is 3.53. The maximum absolute atomic E-state index is 11.3. The first-order valence-electron chi connectivity index (χ1n) is 7.19. The van der Waals surface area contributed by atoms with E-state index in [1.54, 1.807) is 24.4 Å². The zero-order chi connectivity index (χ0) is 16.9. The van der Waals surface area contributed by atoms with E-state index in [1.807, 2.05) is 12.1 Å². The Morgan fingerprint density at radius 2 is 2.21 bits per heavy atom. The summed E-state index contributed by atoms with van der Waals surface area (Å²) >= 11 is 5.95. The molecule has 2 aromatic heterocycles. The van der Waals surface area contributed by atoms with E-state index in [9.17, 15) is 4.79 Å². The number of hydrogen-bond acceptors (Lipinski definition) is 6. The molecule has 3 rings (SSSR count). The number of aromatic nitrogens is 3. The minimum absolute atomic E-state index is 0.336. The van der Waals surface area contributed by atoms with Gasteiger partial charge in [-0.25, -0.2) is 0 Å². The van der Waals surface area contributed by atoms with Crippen LogP contribution in [0.25, 0.3) is 11.4 Å². The normalized spacial score (nSPS) is 10.5. The van der Waals surface area contributed by atoms with Crippen molar-refractivity contribution in [3.63, 3.8) is 0 Å². The van der Waals surface area contributed by atoms with Gasteiger partial charge in [-0.3, -0.25) is 9.78 Å².